The lowest BCUT2D eigenvalue weighted by molar-refractivity contribution is 0.422. The molecule has 0 amide bonds. The van der Waals surface area contributed by atoms with Gasteiger partial charge >= 0.3 is 6.01 Å². The normalized spacial score (nSPS) is 10.3. The summed E-state index contributed by atoms with van der Waals surface area (Å²) in [6.45, 7) is 1.94. The largest absolute Gasteiger partial charge is 0.424 e. The number of hydrogen-bond acceptors (Lipinski definition) is 2. The SMILES string of the molecule is Cc1cn(C)c(Oc2ccccc2Br)n1. The Morgan fingerprint density at radius 3 is 2.67 bits per heavy atom. The lowest BCUT2D eigenvalue weighted by Crippen LogP contribution is -1.93. The minimum Gasteiger partial charge on any atom is -0.424 e. The second-order valence-electron chi connectivity index (χ2n) is 3.31. The average Bonchev–Trinajstić information content (AvgIpc) is 2.49. The molecule has 1 heterocycles. The molecule has 0 saturated heterocycles. The van der Waals surface area contributed by atoms with Gasteiger partial charge in [0, 0.05) is 13.2 Å². The van der Waals surface area contributed by atoms with Crippen LogP contribution in [0.2, 0.25) is 0 Å². The number of imidazole rings is 1. The number of aryl methyl sites for hydroxylation is 2. The highest BCUT2D eigenvalue weighted by Gasteiger charge is 2.06. The van der Waals surface area contributed by atoms with Gasteiger partial charge in [-0.25, -0.2) is 4.98 Å². The van der Waals surface area contributed by atoms with Crippen molar-refractivity contribution in [2.24, 2.45) is 7.05 Å². The summed E-state index contributed by atoms with van der Waals surface area (Å²) in [4.78, 5) is 4.27. The molecule has 0 aliphatic carbocycles. The summed E-state index contributed by atoms with van der Waals surface area (Å²) in [5.74, 6) is 0.770. The maximum atomic E-state index is 5.67. The molecule has 0 saturated carbocycles. The number of hydrogen-bond donors (Lipinski definition) is 0. The highest BCUT2D eigenvalue weighted by Crippen LogP contribution is 2.28. The Bertz CT molecular complexity index is 479. The van der Waals surface area contributed by atoms with E-state index in [0.717, 1.165) is 15.9 Å². The molecule has 1 aromatic heterocycles. The first-order valence-corrected chi connectivity index (χ1v) is 5.38. The molecular formula is C11H11BrN2O. The molecular weight excluding hydrogens is 256 g/mol. The first-order valence-electron chi connectivity index (χ1n) is 4.59. The number of rotatable bonds is 2. The van der Waals surface area contributed by atoms with Crippen LogP contribution in [0.4, 0.5) is 0 Å². The predicted molar refractivity (Wildman–Crippen MR) is 62.2 cm³/mol. The van der Waals surface area contributed by atoms with Crippen LogP contribution in [0.5, 0.6) is 11.8 Å². The number of aromatic nitrogens is 2. The summed E-state index contributed by atoms with van der Waals surface area (Å²) in [6.07, 6.45) is 1.92. The minimum absolute atomic E-state index is 0.597. The standard InChI is InChI=1S/C11H11BrN2O/c1-8-7-14(2)11(13-8)15-10-6-4-3-5-9(10)12/h3-7H,1-2H3. The summed E-state index contributed by atoms with van der Waals surface area (Å²) in [6, 6.07) is 8.30. The van der Waals surface area contributed by atoms with Crippen molar-refractivity contribution in [2.45, 2.75) is 6.92 Å². The van der Waals surface area contributed by atoms with E-state index in [-0.39, 0.29) is 0 Å². The van der Waals surface area contributed by atoms with Crippen LogP contribution in [0, 0.1) is 6.92 Å². The molecule has 4 heteroatoms. The van der Waals surface area contributed by atoms with Crippen molar-refractivity contribution in [3.05, 3.63) is 40.6 Å². The van der Waals surface area contributed by atoms with Gasteiger partial charge in [0.1, 0.15) is 5.75 Å². The molecule has 2 aromatic rings. The summed E-state index contributed by atoms with van der Waals surface area (Å²) >= 11 is 3.42. The third kappa shape index (κ3) is 2.21. The Kier molecular flexibility index (Phi) is 2.77. The van der Waals surface area contributed by atoms with Gasteiger partial charge in [-0.05, 0) is 35.0 Å². The van der Waals surface area contributed by atoms with Crippen LogP contribution in [0.3, 0.4) is 0 Å². The van der Waals surface area contributed by atoms with Gasteiger partial charge in [0.25, 0.3) is 0 Å². The van der Waals surface area contributed by atoms with Gasteiger partial charge in [0.05, 0.1) is 10.2 Å². The van der Waals surface area contributed by atoms with Crippen molar-refractivity contribution in [3.63, 3.8) is 0 Å². The molecule has 0 aliphatic rings. The highest BCUT2D eigenvalue weighted by atomic mass is 79.9. The third-order valence-electron chi connectivity index (χ3n) is 1.99. The first kappa shape index (κ1) is 10.2. The molecule has 0 radical (unpaired) electrons. The maximum absolute atomic E-state index is 5.67. The van der Waals surface area contributed by atoms with Gasteiger partial charge in [-0.2, -0.15) is 0 Å². The molecule has 0 bridgehead atoms. The van der Waals surface area contributed by atoms with Crippen molar-refractivity contribution in [3.8, 4) is 11.8 Å². The van der Waals surface area contributed by atoms with Crippen LogP contribution in [0.25, 0.3) is 0 Å². The fourth-order valence-electron chi connectivity index (χ4n) is 1.31. The summed E-state index contributed by atoms with van der Waals surface area (Å²) in [7, 11) is 1.91. The van der Waals surface area contributed by atoms with Gasteiger partial charge < -0.3 is 9.30 Å². The Morgan fingerprint density at radius 1 is 1.33 bits per heavy atom. The van der Waals surface area contributed by atoms with Gasteiger partial charge in [-0.1, -0.05) is 12.1 Å². The van der Waals surface area contributed by atoms with E-state index in [2.05, 4.69) is 20.9 Å². The molecule has 0 atom stereocenters. The summed E-state index contributed by atoms with van der Waals surface area (Å²) < 4.78 is 8.44. The molecule has 0 aliphatic heterocycles. The second-order valence-corrected chi connectivity index (χ2v) is 4.16. The van der Waals surface area contributed by atoms with E-state index in [0.29, 0.717) is 6.01 Å². The summed E-state index contributed by atoms with van der Waals surface area (Å²) in [5, 5.41) is 0. The third-order valence-corrected chi connectivity index (χ3v) is 2.65. The van der Waals surface area contributed by atoms with Crippen molar-refractivity contribution in [1.29, 1.82) is 0 Å². The van der Waals surface area contributed by atoms with Crippen molar-refractivity contribution in [1.82, 2.24) is 9.55 Å². The molecule has 3 nitrogen and oxygen atoms in total. The molecule has 2 rings (SSSR count). The van der Waals surface area contributed by atoms with Crippen LogP contribution in [-0.4, -0.2) is 9.55 Å². The quantitative estimate of drug-likeness (QED) is 0.834. The van der Waals surface area contributed by atoms with Crippen LogP contribution in [0.1, 0.15) is 5.69 Å². The van der Waals surface area contributed by atoms with E-state index in [1.54, 1.807) is 0 Å². The Balaban J connectivity index is 2.29. The predicted octanol–water partition coefficient (Wildman–Crippen LogP) is 3.28. The Labute approximate surface area is 96.8 Å². The molecule has 1 aromatic carbocycles. The molecule has 15 heavy (non-hydrogen) atoms. The summed E-state index contributed by atoms with van der Waals surface area (Å²) in [5.41, 5.74) is 0.944. The van der Waals surface area contributed by atoms with Crippen LogP contribution in [-0.2, 0) is 7.05 Å². The van der Waals surface area contributed by atoms with Gasteiger partial charge in [0.2, 0.25) is 0 Å². The van der Waals surface area contributed by atoms with Crippen molar-refractivity contribution < 1.29 is 4.74 Å². The molecule has 0 fully saturated rings. The van der Waals surface area contributed by atoms with E-state index in [9.17, 15) is 0 Å². The van der Waals surface area contributed by atoms with Crippen LogP contribution in [0.15, 0.2) is 34.9 Å². The van der Waals surface area contributed by atoms with Gasteiger partial charge in [0.15, 0.2) is 0 Å². The fraction of sp³-hybridized carbons (Fsp3) is 0.182. The Hall–Kier alpha value is -1.29. The van der Waals surface area contributed by atoms with E-state index in [1.807, 2.05) is 49.0 Å². The Morgan fingerprint density at radius 2 is 2.07 bits per heavy atom. The zero-order chi connectivity index (χ0) is 10.8. The topological polar surface area (TPSA) is 27.1 Å². The molecule has 0 N–H and O–H groups in total. The number of para-hydroxylation sites is 1. The second kappa shape index (κ2) is 4.06. The van der Waals surface area contributed by atoms with Gasteiger partial charge in [-0.15, -0.1) is 0 Å². The van der Waals surface area contributed by atoms with E-state index < -0.39 is 0 Å². The molecule has 78 valence electrons. The smallest absolute Gasteiger partial charge is 0.301 e. The lowest BCUT2D eigenvalue weighted by atomic mass is 10.3. The lowest BCUT2D eigenvalue weighted by Gasteiger charge is -2.05. The van der Waals surface area contributed by atoms with Crippen molar-refractivity contribution >= 4 is 15.9 Å². The molecule has 0 unspecified atom stereocenters. The highest BCUT2D eigenvalue weighted by molar-refractivity contribution is 9.10. The fourth-order valence-corrected chi connectivity index (χ4v) is 1.68. The van der Waals surface area contributed by atoms with Crippen LogP contribution < -0.4 is 4.74 Å². The zero-order valence-electron chi connectivity index (χ0n) is 8.57. The number of nitrogens with zero attached hydrogens (tertiary/aromatic N) is 2. The van der Waals surface area contributed by atoms with E-state index in [4.69, 9.17) is 4.74 Å². The van der Waals surface area contributed by atoms with Gasteiger partial charge in [-0.3, -0.25) is 0 Å². The average molecular weight is 267 g/mol. The number of halogens is 1. The van der Waals surface area contributed by atoms with E-state index >= 15 is 0 Å². The number of ether oxygens (including phenoxy) is 1. The molecule has 0 spiro atoms. The van der Waals surface area contributed by atoms with Crippen LogP contribution >= 0.6 is 15.9 Å². The van der Waals surface area contributed by atoms with Crippen molar-refractivity contribution in [2.75, 3.05) is 0 Å². The first-order chi connectivity index (χ1) is 7.16. The zero-order valence-corrected chi connectivity index (χ0v) is 10.2. The number of benzene rings is 1. The monoisotopic (exact) mass is 266 g/mol. The maximum Gasteiger partial charge on any atom is 0.301 e. The minimum atomic E-state index is 0.597. The van der Waals surface area contributed by atoms with E-state index in [1.165, 1.54) is 0 Å².